The number of aliphatic imine (C=N–C) groups is 1. The summed E-state index contributed by atoms with van der Waals surface area (Å²) in [5.41, 5.74) is 12.5. The van der Waals surface area contributed by atoms with E-state index in [9.17, 15) is 38.4 Å². The van der Waals surface area contributed by atoms with Crippen molar-refractivity contribution in [3.05, 3.63) is 142 Å². The largest absolute Gasteiger partial charge is 0.493 e. The second-order valence-corrected chi connectivity index (χ2v) is 33.9. The maximum Gasteiger partial charge on any atom is 0.259 e. The molecule has 4 amide bonds. The van der Waals surface area contributed by atoms with Crippen LogP contribution >= 0.6 is 0 Å². The van der Waals surface area contributed by atoms with Crippen molar-refractivity contribution in [1.29, 1.82) is 0 Å². The van der Waals surface area contributed by atoms with Crippen molar-refractivity contribution in [3.63, 3.8) is 0 Å². The number of likely N-dealkylation sites (tertiary alicyclic amines) is 1. The lowest BCUT2D eigenvalue weighted by Crippen LogP contribution is -2.44. The molecule has 678 valence electrons. The van der Waals surface area contributed by atoms with Gasteiger partial charge in [-0.1, -0.05) is 102 Å². The molecule has 26 heteroatoms. The molecule has 3 aliphatic carbocycles. The number of carbonyl (C=O) groups is 8. The number of nitrogens with one attached hydrogen (secondary N) is 3. The number of hydrogen-bond donors (Lipinski definition) is 3. The Morgan fingerprint density at radius 3 is 1.74 bits per heavy atom. The Kier molecular flexibility index (Phi) is 39.7. The van der Waals surface area contributed by atoms with Gasteiger partial charge >= 0.3 is 0 Å². The maximum atomic E-state index is 14.3. The minimum atomic E-state index is -0.712. The number of fused-ring (bicyclic) bond motifs is 4. The lowest BCUT2D eigenvalue weighted by atomic mass is 9.82. The number of unbranched alkanes of at least 4 members (excludes halogenated alkanes) is 2. The topological polar surface area (TPSA) is 302 Å². The smallest absolute Gasteiger partial charge is 0.259 e. The fourth-order valence-corrected chi connectivity index (χ4v) is 17.1. The van der Waals surface area contributed by atoms with Gasteiger partial charge in [0.25, 0.3) is 5.91 Å². The Hall–Kier alpha value is -9.31. The zero-order valence-electron chi connectivity index (χ0n) is 74.3. The molecule has 1 saturated heterocycles. The molecule has 125 heavy (non-hydrogen) atoms. The average molecular weight is 1730 g/mol. The Morgan fingerprint density at radius 1 is 0.568 bits per heavy atom. The summed E-state index contributed by atoms with van der Waals surface area (Å²) in [7, 11) is 5.31. The van der Waals surface area contributed by atoms with E-state index in [0.29, 0.717) is 201 Å². The van der Waals surface area contributed by atoms with Gasteiger partial charge in [-0.3, -0.25) is 43.3 Å². The first kappa shape index (κ1) is 96.3. The molecular formula is C99H132N6O20. The molecule has 4 aliphatic heterocycles. The second kappa shape index (κ2) is 51.5. The third-order valence-electron chi connectivity index (χ3n) is 24.6. The van der Waals surface area contributed by atoms with Gasteiger partial charge < -0.3 is 82.6 Å². The van der Waals surface area contributed by atoms with Crippen LogP contribution < -0.4 is 34.9 Å². The molecule has 11 rings (SSSR count). The highest BCUT2D eigenvalue weighted by Crippen LogP contribution is 2.44. The monoisotopic (exact) mass is 1720 g/mol. The molecule has 4 aromatic rings. The van der Waals surface area contributed by atoms with Gasteiger partial charge in [-0.25, -0.2) is 0 Å². The minimum absolute atomic E-state index is 0.00846. The number of benzene rings is 4. The first-order chi connectivity index (χ1) is 60.9. The van der Waals surface area contributed by atoms with Crippen LogP contribution in [0.5, 0.6) is 23.0 Å². The predicted molar refractivity (Wildman–Crippen MR) is 479 cm³/mol. The third-order valence-corrected chi connectivity index (χ3v) is 24.6. The molecule has 4 heterocycles. The van der Waals surface area contributed by atoms with Crippen LogP contribution in [0.25, 0.3) is 17.2 Å². The molecule has 3 N–H and O–H groups in total. The molecule has 0 radical (unpaired) electrons. The molecular weight excluding hydrogens is 1590 g/mol. The Morgan fingerprint density at radius 2 is 1.14 bits per heavy atom. The molecule has 7 aliphatic rings. The van der Waals surface area contributed by atoms with E-state index in [4.69, 9.17) is 61.8 Å². The summed E-state index contributed by atoms with van der Waals surface area (Å²) in [6, 6.07) is 22.7. The number of methoxy groups -OCH3 is 2. The van der Waals surface area contributed by atoms with Crippen molar-refractivity contribution in [3.8, 4) is 23.0 Å². The zero-order chi connectivity index (χ0) is 88.1. The summed E-state index contributed by atoms with van der Waals surface area (Å²) in [5.74, 6) is 0.150. The van der Waals surface area contributed by atoms with Crippen LogP contribution in [0, 0.1) is 35.5 Å². The van der Waals surface area contributed by atoms with Crippen molar-refractivity contribution in [2.45, 2.75) is 174 Å². The van der Waals surface area contributed by atoms with Crippen LogP contribution in [0.15, 0.2) is 114 Å². The maximum absolute atomic E-state index is 14.3. The van der Waals surface area contributed by atoms with Gasteiger partial charge in [-0.2, -0.15) is 0 Å². The summed E-state index contributed by atoms with van der Waals surface area (Å²) >= 11 is 0. The van der Waals surface area contributed by atoms with Crippen molar-refractivity contribution in [1.82, 2.24) is 20.4 Å². The highest BCUT2D eigenvalue weighted by atomic mass is 16.6. The van der Waals surface area contributed by atoms with Gasteiger partial charge in [0, 0.05) is 74.2 Å². The number of carbonyl (C=O) groups excluding carboxylic acids is 8. The van der Waals surface area contributed by atoms with Crippen molar-refractivity contribution in [2.75, 3.05) is 165 Å². The fraction of sp³-hybridized carbons (Fsp3) is 0.576. The van der Waals surface area contributed by atoms with Crippen LogP contribution in [0.2, 0.25) is 0 Å². The zero-order valence-corrected chi connectivity index (χ0v) is 74.3. The minimum Gasteiger partial charge on any atom is -0.493 e. The highest BCUT2D eigenvalue weighted by molar-refractivity contribution is 6.12. The molecule has 0 aromatic heterocycles. The SMILES string of the molecule is COc1cc2c(cc1OCCCCCOc1cc3c(cc1OC)C(=O)/C=C1/C=C(c4ccc(NC(=O)[C@H](C)CCC(=O)[C@@H](NC(=O)CCOCCOCCOCCOCCOCCOCCOCCOCCNC(=O)CCC5C(=O)CC(C6CCCCCCCC6)C5=O)C(C)C)cc4)C[C@H]1/C=N\3)C=C=C[C@@H]1CC(c3ccc(C4CCN(C)CC4)cc3)=CN1C2=O. The number of nitrogens with zero attached hydrogens (tertiary/aromatic N) is 3. The Labute approximate surface area is 737 Å². The van der Waals surface area contributed by atoms with Crippen LogP contribution in [0.4, 0.5) is 11.4 Å². The van der Waals surface area contributed by atoms with E-state index < -0.39 is 17.9 Å². The van der Waals surface area contributed by atoms with E-state index in [1.54, 1.807) is 45.4 Å². The normalized spacial score (nSPS) is 19.8. The second-order valence-electron chi connectivity index (χ2n) is 33.9. The Bertz CT molecular complexity index is 4400. The molecule has 6 atom stereocenters. The van der Waals surface area contributed by atoms with Gasteiger partial charge in [0.05, 0.1) is 168 Å². The number of amides is 4. The highest BCUT2D eigenvalue weighted by Gasteiger charge is 2.44. The van der Waals surface area contributed by atoms with Crippen LogP contribution in [-0.2, 0) is 66.7 Å². The molecule has 2 saturated carbocycles. The summed E-state index contributed by atoms with van der Waals surface area (Å²) in [4.78, 5) is 116. The van der Waals surface area contributed by atoms with Gasteiger partial charge in [0.15, 0.2) is 34.6 Å². The van der Waals surface area contributed by atoms with Crippen molar-refractivity contribution < 1.29 is 95.2 Å². The lowest BCUT2D eigenvalue weighted by molar-refractivity contribution is -0.130. The van der Waals surface area contributed by atoms with Crippen LogP contribution in [0.3, 0.4) is 0 Å². The van der Waals surface area contributed by atoms with E-state index in [2.05, 4.69) is 57.9 Å². The van der Waals surface area contributed by atoms with Gasteiger partial charge in [-0.15, -0.1) is 5.73 Å². The molecule has 3 fully saturated rings. The number of hydrogen-bond acceptors (Lipinski definition) is 22. The summed E-state index contributed by atoms with van der Waals surface area (Å²) in [6.07, 6.45) is 27.8. The number of ether oxygens (including phenoxy) is 12. The summed E-state index contributed by atoms with van der Waals surface area (Å²) in [5, 5.41) is 8.69. The van der Waals surface area contributed by atoms with Crippen molar-refractivity contribution >= 4 is 81.6 Å². The van der Waals surface area contributed by atoms with Crippen LogP contribution in [-0.4, -0.2) is 235 Å². The number of anilines is 1. The molecule has 26 nitrogen and oxygen atoms in total. The number of allylic oxidation sites excluding steroid dienone is 4. The number of rotatable bonds is 52. The van der Waals surface area contributed by atoms with Crippen molar-refractivity contribution in [2.24, 2.45) is 40.5 Å². The first-order valence-corrected chi connectivity index (χ1v) is 45.5. The average Bonchev–Trinajstić information content (AvgIpc) is 1.63. The van der Waals surface area contributed by atoms with Gasteiger partial charge in [-0.05, 0) is 196 Å². The third kappa shape index (κ3) is 29.9. The number of Topliss-reactive ketones (excluding diaryl/α,β-unsaturated/α-hetero) is 3. The Balaban J connectivity index is 0.479. The van der Waals surface area contributed by atoms with E-state index in [1.807, 2.05) is 79.7 Å². The van der Waals surface area contributed by atoms with Gasteiger partial charge in [0.1, 0.15) is 11.6 Å². The van der Waals surface area contributed by atoms with E-state index in [-0.39, 0.29) is 109 Å². The first-order valence-electron chi connectivity index (χ1n) is 45.5. The summed E-state index contributed by atoms with van der Waals surface area (Å²) in [6.45, 7) is 14.8. The molecule has 2 unspecified atom stereocenters. The summed E-state index contributed by atoms with van der Waals surface area (Å²) < 4.78 is 68.7. The van der Waals surface area contributed by atoms with Crippen LogP contribution in [0.1, 0.15) is 204 Å². The fourth-order valence-electron chi connectivity index (χ4n) is 17.1. The van der Waals surface area contributed by atoms with E-state index >= 15 is 0 Å². The van der Waals surface area contributed by atoms with E-state index in [1.165, 1.54) is 44.1 Å². The quantitative estimate of drug-likeness (QED) is 0.0210. The number of piperidine rings is 1. The number of ketones is 4. The van der Waals surface area contributed by atoms with Gasteiger partial charge in [0.2, 0.25) is 17.7 Å². The van der Waals surface area contributed by atoms with E-state index in [0.717, 1.165) is 85.9 Å². The lowest BCUT2D eigenvalue weighted by Gasteiger charge is -2.29. The molecule has 0 bridgehead atoms. The predicted octanol–water partition coefficient (Wildman–Crippen LogP) is 14.5. The standard InChI is InChI=1S/C99H132N6O20/c1-68(2)96(103-95(110)35-41-116-43-45-118-47-49-120-51-53-122-55-56-123-54-52-121-50-48-119-46-44-117-42-36-100-94(109)32-30-82-89(108)62-83(97(82)111)74-17-12-9-7-8-10-13-18-74)87(106)31-21-69(3)98(112)102-80-28-26-71(27-29-80)76-57-77-60-88(107)85-64-91(115-6)93(65-86(85)101-66-78(77)58-76)125-40-15-11-14-39-124-92-61-75-19-16-20-81-59-79(67-105(81)99(113)84(75)63-90(92)114-5)72-24-22-70(23-25-72)73-33-37-104(4)38-34-73/h19-20,22-29,57,60-61,63-69,73-74,78,81-83,96H,7-15,17-18,21,30-56,58-59,62H2,1-6H3,(H,100,109)(H,102,112)(H,103,110)/b77-60-,101-66-/t16?,69-,78+,81-,82?,83?,96+/m1/s1. The molecule has 4 aromatic carbocycles. The molecule has 0 spiro atoms.